The first-order chi connectivity index (χ1) is 9.08. The smallest absolute Gasteiger partial charge is 0.251 e. The normalized spacial score (nSPS) is 12.4. The molecular weight excluding hydrogens is 254 g/mol. The second-order valence-electron chi connectivity index (χ2n) is 4.99. The molecule has 100 valence electrons. The van der Waals surface area contributed by atoms with Gasteiger partial charge in [0.15, 0.2) is 0 Å². The number of carbonyl (C=O) groups is 1. The largest absolute Gasteiger partial charge is 0.345 e. The first-order valence-electron chi connectivity index (χ1n) is 6.52. The Labute approximate surface area is 118 Å². The Morgan fingerprint density at radius 2 is 1.79 bits per heavy atom. The zero-order chi connectivity index (χ0) is 13.8. The summed E-state index contributed by atoms with van der Waals surface area (Å²) in [4.78, 5) is 13.3. The molecule has 1 amide bonds. The van der Waals surface area contributed by atoms with E-state index in [-0.39, 0.29) is 11.9 Å². The van der Waals surface area contributed by atoms with Crippen LogP contribution in [0.2, 0.25) is 0 Å². The van der Waals surface area contributed by atoms with Gasteiger partial charge < -0.3 is 5.32 Å². The number of benzene rings is 1. The zero-order valence-corrected chi connectivity index (χ0v) is 12.3. The van der Waals surface area contributed by atoms with Crippen molar-refractivity contribution in [3.05, 3.63) is 57.8 Å². The van der Waals surface area contributed by atoms with Crippen LogP contribution in [0, 0.1) is 0 Å². The molecule has 0 aliphatic heterocycles. The van der Waals surface area contributed by atoms with Crippen LogP contribution >= 0.6 is 11.3 Å². The Kier molecular flexibility index (Phi) is 4.38. The van der Waals surface area contributed by atoms with Gasteiger partial charge in [0.1, 0.15) is 0 Å². The molecule has 0 bridgehead atoms. The fraction of sp³-hybridized carbons (Fsp3) is 0.312. The van der Waals surface area contributed by atoms with Crippen molar-refractivity contribution >= 4 is 17.2 Å². The van der Waals surface area contributed by atoms with Crippen molar-refractivity contribution in [2.75, 3.05) is 0 Å². The Balaban J connectivity index is 2.03. The highest BCUT2D eigenvalue weighted by Crippen LogP contribution is 2.19. The molecule has 1 aromatic carbocycles. The maximum atomic E-state index is 12.1. The number of nitrogens with one attached hydrogen (secondary N) is 1. The highest BCUT2D eigenvalue weighted by molar-refractivity contribution is 7.10. The van der Waals surface area contributed by atoms with E-state index in [4.69, 9.17) is 0 Å². The summed E-state index contributed by atoms with van der Waals surface area (Å²) >= 11 is 1.66. The van der Waals surface area contributed by atoms with Crippen molar-refractivity contribution in [1.29, 1.82) is 0 Å². The third-order valence-electron chi connectivity index (χ3n) is 3.16. The van der Waals surface area contributed by atoms with E-state index in [1.807, 2.05) is 48.7 Å². The molecule has 0 unspecified atom stereocenters. The Hall–Kier alpha value is -1.61. The van der Waals surface area contributed by atoms with Gasteiger partial charge in [-0.2, -0.15) is 0 Å². The summed E-state index contributed by atoms with van der Waals surface area (Å²) in [5, 5.41) is 5.04. The number of rotatable bonds is 4. The Morgan fingerprint density at radius 3 is 2.32 bits per heavy atom. The first kappa shape index (κ1) is 13.8. The van der Waals surface area contributed by atoms with Gasteiger partial charge in [-0.05, 0) is 42.0 Å². The number of amides is 1. The summed E-state index contributed by atoms with van der Waals surface area (Å²) < 4.78 is 0. The second kappa shape index (κ2) is 6.02. The molecule has 3 heteroatoms. The van der Waals surface area contributed by atoms with Gasteiger partial charge in [-0.1, -0.05) is 32.0 Å². The molecule has 0 aliphatic rings. The minimum absolute atomic E-state index is 0.0174. The Morgan fingerprint density at radius 1 is 1.11 bits per heavy atom. The molecule has 0 radical (unpaired) electrons. The maximum Gasteiger partial charge on any atom is 0.251 e. The van der Waals surface area contributed by atoms with Crippen LogP contribution in [0.4, 0.5) is 0 Å². The van der Waals surface area contributed by atoms with Gasteiger partial charge in [0, 0.05) is 10.4 Å². The van der Waals surface area contributed by atoms with Crippen molar-refractivity contribution in [1.82, 2.24) is 5.32 Å². The molecule has 1 heterocycles. The van der Waals surface area contributed by atoms with E-state index in [0.717, 1.165) is 0 Å². The number of thiophene rings is 1. The van der Waals surface area contributed by atoms with Gasteiger partial charge in [0.25, 0.3) is 5.91 Å². The highest BCUT2D eigenvalue weighted by Gasteiger charge is 2.12. The van der Waals surface area contributed by atoms with Gasteiger partial charge in [-0.3, -0.25) is 4.79 Å². The third-order valence-corrected chi connectivity index (χ3v) is 4.21. The quantitative estimate of drug-likeness (QED) is 0.881. The summed E-state index contributed by atoms with van der Waals surface area (Å²) in [6.07, 6.45) is 0. The predicted octanol–water partition coefficient (Wildman–Crippen LogP) is 4.36. The van der Waals surface area contributed by atoms with Crippen LogP contribution in [-0.4, -0.2) is 5.91 Å². The fourth-order valence-electron chi connectivity index (χ4n) is 1.91. The molecule has 19 heavy (non-hydrogen) atoms. The van der Waals surface area contributed by atoms with Crippen LogP contribution < -0.4 is 5.32 Å². The first-order valence-corrected chi connectivity index (χ1v) is 7.40. The lowest BCUT2D eigenvalue weighted by molar-refractivity contribution is 0.0940. The van der Waals surface area contributed by atoms with E-state index in [2.05, 4.69) is 19.2 Å². The maximum absolute atomic E-state index is 12.1. The van der Waals surface area contributed by atoms with E-state index in [1.54, 1.807) is 11.3 Å². The van der Waals surface area contributed by atoms with Crippen molar-refractivity contribution in [2.45, 2.75) is 32.7 Å². The molecule has 0 saturated heterocycles. The number of hydrogen-bond acceptors (Lipinski definition) is 2. The van der Waals surface area contributed by atoms with E-state index in [9.17, 15) is 4.79 Å². The van der Waals surface area contributed by atoms with Gasteiger partial charge in [-0.15, -0.1) is 11.3 Å². The average Bonchev–Trinajstić information content (AvgIpc) is 2.92. The van der Waals surface area contributed by atoms with Crippen LogP contribution in [0.25, 0.3) is 0 Å². The fourth-order valence-corrected chi connectivity index (χ4v) is 2.64. The molecule has 0 spiro atoms. The van der Waals surface area contributed by atoms with Crippen LogP contribution in [0.3, 0.4) is 0 Å². The molecule has 0 fully saturated rings. The topological polar surface area (TPSA) is 29.1 Å². The molecule has 2 rings (SSSR count). The summed E-state index contributed by atoms with van der Waals surface area (Å²) in [7, 11) is 0. The molecule has 2 nitrogen and oxygen atoms in total. The van der Waals surface area contributed by atoms with Gasteiger partial charge in [0.05, 0.1) is 6.04 Å². The summed E-state index contributed by atoms with van der Waals surface area (Å²) in [6, 6.07) is 11.9. The molecule has 1 N–H and O–H groups in total. The second-order valence-corrected chi connectivity index (χ2v) is 5.97. The van der Waals surface area contributed by atoms with Crippen LogP contribution in [0.15, 0.2) is 41.8 Å². The van der Waals surface area contributed by atoms with Gasteiger partial charge >= 0.3 is 0 Å². The summed E-state index contributed by atoms with van der Waals surface area (Å²) in [5.74, 6) is 0.471. The molecule has 1 atom stereocenters. The van der Waals surface area contributed by atoms with Gasteiger partial charge in [0.2, 0.25) is 0 Å². The van der Waals surface area contributed by atoms with Crippen LogP contribution in [0.1, 0.15) is 53.5 Å². The van der Waals surface area contributed by atoms with E-state index < -0.39 is 0 Å². The summed E-state index contributed by atoms with van der Waals surface area (Å²) in [6.45, 7) is 6.30. The Bertz CT molecular complexity index is 528. The molecular formula is C16H19NOS. The minimum Gasteiger partial charge on any atom is -0.345 e. The van der Waals surface area contributed by atoms with Crippen LogP contribution in [0.5, 0.6) is 0 Å². The number of carbonyl (C=O) groups excluding carboxylic acids is 1. The third kappa shape index (κ3) is 3.44. The average molecular weight is 273 g/mol. The van der Waals surface area contributed by atoms with Crippen molar-refractivity contribution in [3.8, 4) is 0 Å². The molecule has 1 aromatic heterocycles. The standard InChI is InChI=1S/C16H19NOS/c1-11(2)13-6-8-14(9-7-13)16(18)17-12(3)15-5-4-10-19-15/h4-12H,1-3H3,(H,17,18)/t12-/m1/s1. The SMILES string of the molecule is CC(C)c1ccc(C(=O)N[C@H](C)c2cccs2)cc1. The van der Waals surface area contributed by atoms with Crippen molar-refractivity contribution in [3.63, 3.8) is 0 Å². The lowest BCUT2D eigenvalue weighted by Crippen LogP contribution is -2.26. The lowest BCUT2D eigenvalue weighted by Gasteiger charge is -2.13. The molecule has 2 aromatic rings. The highest BCUT2D eigenvalue weighted by atomic mass is 32.1. The minimum atomic E-state index is -0.0174. The molecule has 0 saturated carbocycles. The van der Waals surface area contributed by atoms with E-state index in [0.29, 0.717) is 11.5 Å². The van der Waals surface area contributed by atoms with Crippen molar-refractivity contribution in [2.24, 2.45) is 0 Å². The zero-order valence-electron chi connectivity index (χ0n) is 11.5. The number of hydrogen-bond donors (Lipinski definition) is 1. The van der Waals surface area contributed by atoms with E-state index >= 15 is 0 Å². The monoisotopic (exact) mass is 273 g/mol. The van der Waals surface area contributed by atoms with Crippen molar-refractivity contribution < 1.29 is 4.79 Å². The van der Waals surface area contributed by atoms with Crippen LogP contribution in [-0.2, 0) is 0 Å². The molecule has 0 aliphatic carbocycles. The predicted molar refractivity (Wildman–Crippen MR) is 80.7 cm³/mol. The van der Waals surface area contributed by atoms with E-state index in [1.165, 1.54) is 10.4 Å². The lowest BCUT2D eigenvalue weighted by atomic mass is 10.0. The summed E-state index contributed by atoms with van der Waals surface area (Å²) in [5.41, 5.74) is 1.97. The van der Waals surface area contributed by atoms with Gasteiger partial charge in [-0.25, -0.2) is 0 Å².